The van der Waals surface area contributed by atoms with Crippen LogP contribution in [0.4, 0.5) is 4.39 Å². The molecule has 3 rings (SSSR count). The average molecular weight is 362 g/mol. The first-order valence-electron chi connectivity index (χ1n) is 8.50. The minimum atomic E-state index is -0.281. The van der Waals surface area contributed by atoms with Gasteiger partial charge in [-0.1, -0.05) is 25.6 Å². The number of carbonyl (C=O) groups is 1. The Morgan fingerprint density at radius 2 is 1.84 bits per heavy atom. The molecule has 0 aliphatic carbocycles. The number of amides is 1. The van der Waals surface area contributed by atoms with Gasteiger partial charge in [0, 0.05) is 25.7 Å². The number of carbonyl (C=O) groups excluding carboxylic acids is 1. The highest BCUT2D eigenvalue weighted by Crippen LogP contribution is 2.25. The van der Waals surface area contributed by atoms with Gasteiger partial charge in [0.2, 0.25) is 5.91 Å². The first-order chi connectivity index (χ1) is 11.9. The minimum Gasteiger partial charge on any atom is -0.341 e. The van der Waals surface area contributed by atoms with E-state index in [0.717, 1.165) is 18.7 Å². The van der Waals surface area contributed by atoms with Crippen LogP contribution in [-0.2, 0) is 11.8 Å². The van der Waals surface area contributed by atoms with E-state index in [0.29, 0.717) is 28.6 Å². The van der Waals surface area contributed by atoms with Crippen LogP contribution >= 0.6 is 11.8 Å². The van der Waals surface area contributed by atoms with Gasteiger partial charge in [0.25, 0.3) is 0 Å². The van der Waals surface area contributed by atoms with Crippen molar-refractivity contribution in [3.8, 4) is 11.4 Å². The molecule has 1 fully saturated rings. The summed E-state index contributed by atoms with van der Waals surface area (Å²) in [5, 5.41) is 9.03. The largest absolute Gasteiger partial charge is 0.341 e. The first kappa shape index (κ1) is 17.9. The Hall–Kier alpha value is -1.89. The molecular formula is C18H23FN4OS. The summed E-state index contributed by atoms with van der Waals surface area (Å²) >= 11 is 1.39. The van der Waals surface area contributed by atoms with E-state index in [1.807, 2.05) is 16.5 Å². The summed E-state index contributed by atoms with van der Waals surface area (Å²) in [5.41, 5.74) is 0.799. The summed E-state index contributed by atoms with van der Waals surface area (Å²) in [7, 11) is 1.86. The molecule has 2 aromatic rings. The van der Waals surface area contributed by atoms with Gasteiger partial charge in [-0.25, -0.2) is 4.39 Å². The second kappa shape index (κ2) is 7.56. The maximum Gasteiger partial charge on any atom is 0.233 e. The summed E-state index contributed by atoms with van der Waals surface area (Å²) in [6.45, 7) is 6.06. The lowest BCUT2D eigenvalue weighted by Gasteiger charge is -2.34. The maximum atomic E-state index is 13.1. The fourth-order valence-electron chi connectivity index (χ4n) is 3.38. The standard InChI is InChI=1S/C18H23FN4OS/c1-12-8-13(2)10-23(9-12)16(24)11-25-18-21-20-17(22(18)3)14-4-6-15(19)7-5-14/h4-7,12-13H,8-11H2,1-3H3/t12-,13+. The Kier molecular flexibility index (Phi) is 5.42. The second-order valence-electron chi connectivity index (χ2n) is 6.91. The summed E-state index contributed by atoms with van der Waals surface area (Å²) in [6, 6.07) is 6.16. The van der Waals surface area contributed by atoms with Gasteiger partial charge in [-0.3, -0.25) is 4.79 Å². The van der Waals surface area contributed by atoms with Crippen LogP contribution in [0.1, 0.15) is 20.3 Å². The summed E-state index contributed by atoms with van der Waals surface area (Å²) < 4.78 is 14.9. The normalized spacial score (nSPS) is 20.7. The van der Waals surface area contributed by atoms with Gasteiger partial charge in [0.05, 0.1) is 5.75 Å². The highest BCUT2D eigenvalue weighted by molar-refractivity contribution is 7.99. The Labute approximate surface area is 151 Å². The lowest BCUT2D eigenvalue weighted by Crippen LogP contribution is -2.43. The number of hydrogen-bond acceptors (Lipinski definition) is 4. The molecule has 7 heteroatoms. The fraction of sp³-hybridized carbons (Fsp3) is 0.500. The number of piperidine rings is 1. The zero-order chi connectivity index (χ0) is 18.0. The summed E-state index contributed by atoms with van der Waals surface area (Å²) in [5.74, 6) is 1.99. The number of likely N-dealkylation sites (tertiary alicyclic amines) is 1. The summed E-state index contributed by atoms with van der Waals surface area (Å²) in [6.07, 6.45) is 1.18. The summed E-state index contributed by atoms with van der Waals surface area (Å²) in [4.78, 5) is 14.5. The number of nitrogens with zero attached hydrogens (tertiary/aromatic N) is 4. The molecule has 2 atom stereocenters. The van der Waals surface area contributed by atoms with Crippen molar-refractivity contribution in [2.24, 2.45) is 18.9 Å². The van der Waals surface area contributed by atoms with Gasteiger partial charge in [-0.05, 0) is 42.5 Å². The molecule has 1 aromatic heterocycles. The van der Waals surface area contributed by atoms with Crippen molar-refractivity contribution >= 4 is 17.7 Å². The maximum absolute atomic E-state index is 13.1. The third-order valence-corrected chi connectivity index (χ3v) is 5.49. The molecule has 1 aliphatic heterocycles. The van der Waals surface area contributed by atoms with Crippen LogP contribution in [0.15, 0.2) is 29.4 Å². The molecule has 1 saturated heterocycles. The molecule has 1 aliphatic rings. The van der Waals surface area contributed by atoms with Gasteiger partial charge >= 0.3 is 0 Å². The third-order valence-electron chi connectivity index (χ3n) is 4.48. The Bertz CT molecular complexity index is 736. The van der Waals surface area contributed by atoms with Gasteiger partial charge < -0.3 is 9.47 Å². The zero-order valence-electron chi connectivity index (χ0n) is 14.8. The van der Waals surface area contributed by atoms with Crippen molar-refractivity contribution in [3.05, 3.63) is 30.1 Å². The Morgan fingerprint density at radius 1 is 1.20 bits per heavy atom. The molecule has 0 spiro atoms. The minimum absolute atomic E-state index is 0.148. The lowest BCUT2D eigenvalue weighted by atomic mass is 9.92. The van der Waals surface area contributed by atoms with Crippen molar-refractivity contribution in [1.29, 1.82) is 0 Å². The number of halogens is 1. The Morgan fingerprint density at radius 3 is 2.48 bits per heavy atom. The van der Waals surface area contributed by atoms with E-state index in [2.05, 4.69) is 24.0 Å². The average Bonchev–Trinajstić information content (AvgIpc) is 2.93. The van der Waals surface area contributed by atoms with Gasteiger partial charge in [-0.2, -0.15) is 0 Å². The van der Waals surface area contributed by atoms with E-state index < -0.39 is 0 Å². The van der Waals surface area contributed by atoms with Crippen LogP contribution in [0.25, 0.3) is 11.4 Å². The van der Waals surface area contributed by atoms with Crippen LogP contribution < -0.4 is 0 Å². The highest BCUT2D eigenvalue weighted by Gasteiger charge is 2.25. The van der Waals surface area contributed by atoms with Crippen LogP contribution in [0.3, 0.4) is 0 Å². The van der Waals surface area contributed by atoms with Crippen molar-refractivity contribution in [1.82, 2.24) is 19.7 Å². The SMILES string of the molecule is C[C@@H]1C[C@H](C)CN(C(=O)CSc2nnc(-c3ccc(F)cc3)n2C)C1. The number of hydrogen-bond donors (Lipinski definition) is 0. The predicted molar refractivity (Wildman–Crippen MR) is 96.6 cm³/mol. The molecule has 0 bridgehead atoms. The molecule has 5 nitrogen and oxygen atoms in total. The molecule has 0 radical (unpaired) electrons. The lowest BCUT2D eigenvalue weighted by molar-refractivity contribution is -0.130. The second-order valence-corrected chi connectivity index (χ2v) is 7.85. The highest BCUT2D eigenvalue weighted by atomic mass is 32.2. The Balaban J connectivity index is 1.64. The van der Waals surface area contributed by atoms with E-state index in [1.54, 1.807) is 12.1 Å². The van der Waals surface area contributed by atoms with Gasteiger partial charge in [-0.15, -0.1) is 10.2 Å². The molecule has 0 N–H and O–H groups in total. The van der Waals surface area contributed by atoms with E-state index in [4.69, 9.17) is 0 Å². The van der Waals surface area contributed by atoms with E-state index in [-0.39, 0.29) is 11.7 Å². The van der Waals surface area contributed by atoms with E-state index in [1.165, 1.54) is 30.3 Å². The fourth-order valence-corrected chi connectivity index (χ4v) is 4.19. The van der Waals surface area contributed by atoms with Crippen molar-refractivity contribution in [2.45, 2.75) is 25.4 Å². The van der Waals surface area contributed by atoms with Crippen LogP contribution in [0.2, 0.25) is 0 Å². The number of aromatic nitrogens is 3. The van der Waals surface area contributed by atoms with Crippen LogP contribution in [-0.4, -0.2) is 44.4 Å². The molecular weight excluding hydrogens is 339 g/mol. The van der Waals surface area contributed by atoms with E-state index in [9.17, 15) is 9.18 Å². The molecule has 1 amide bonds. The quantitative estimate of drug-likeness (QED) is 0.784. The van der Waals surface area contributed by atoms with E-state index >= 15 is 0 Å². The predicted octanol–water partition coefficient (Wildman–Crippen LogP) is 3.22. The number of benzene rings is 1. The zero-order valence-corrected chi connectivity index (χ0v) is 15.6. The molecule has 0 saturated carbocycles. The van der Waals surface area contributed by atoms with Crippen molar-refractivity contribution in [3.63, 3.8) is 0 Å². The van der Waals surface area contributed by atoms with Crippen molar-refractivity contribution in [2.75, 3.05) is 18.8 Å². The molecule has 2 heterocycles. The van der Waals surface area contributed by atoms with Crippen LogP contribution in [0.5, 0.6) is 0 Å². The molecule has 0 unspecified atom stereocenters. The smallest absolute Gasteiger partial charge is 0.233 e. The monoisotopic (exact) mass is 362 g/mol. The molecule has 134 valence electrons. The van der Waals surface area contributed by atoms with Gasteiger partial charge in [0.1, 0.15) is 5.82 Å². The van der Waals surface area contributed by atoms with Crippen LogP contribution in [0, 0.1) is 17.7 Å². The first-order valence-corrected chi connectivity index (χ1v) is 9.48. The number of rotatable bonds is 4. The van der Waals surface area contributed by atoms with Gasteiger partial charge in [0.15, 0.2) is 11.0 Å². The molecule has 1 aromatic carbocycles. The van der Waals surface area contributed by atoms with Crippen molar-refractivity contribution < 1.29 is 9.18 Å². The molecule has 25 heavy (non-hydrogen) atoms. The third kappa shape index (κ3) is 4.21. The topological polar surface area (TPSA) is 51.0 Å². The number of thioether (sulfide) groups is 1.